The van der Waals surface area contributed by atoms with Crippen LogP contribution in [0.15, 0.2) is 0 Å². The lowest BCUT2D eigenvalue weighted by atomic mass is 10.5. The van der Waals surface area contributed by atoms with Crippen molar-refractivity contribution < 1.29 is 8.78 Å². The Bertz CT molecular complexity index is 249. The van der Waals surface area contributed by atoms with Gasteiger partial charge in [-0.2, -0.15) is 0 Å². The summed E-state index contributed by atoms with van der Waals surface area (Å²) in [5, 5.41) is 13.3. The molecule has 0 aromatic carbocycles. The van der Waals surface area contributed by atoms with Crippen LogP contribution in [0.4, 0.5) is 8.78 Å². The predicted molar refractivity (Wildman–Crippen MR) is 41.2 cm³/mol. The van der Waals surface area contributed by atoms with Gasteiger partial charge in [-0.1, -0.05) is 6.92 Å². The minimum atomic E-state index is -2.43. The van der Waals surface area contributed by atoms with Gasteiger partial charge in [0.2, 0.25) is 0 Å². The van der Waals surface area contributed by atoms with Crippen LogP contribution < -0.4 is 5.32 Å². The Balaban J connectivity index is 2.55. The molecule has 0 saturated carbocycles. The first-order valence-corrected chi connectivity index (χ1v) is 3.98. The van der Waals surface area contributed by atoms with Crippen molar-refractivity contribution in [1.29, 1.82) is 0 Å². The molecule has 1 aromatic heterocycles. The summed E-state index contributed by atoms with van der Waals surface area (Å²) in [4.78, 5) is 0. The van der Waals surface area contributed by atoms with Crippen LogP contribution in [0.5, 0.6) is 0 Å². The Morgan fingerprint density at radius 2 is 2.31 bits per heavy atom. The molecular formula is C6H11F2N5. The summed E-state index contributed by atoms with van der Waals surface area (Å²) in [6, 6.07) is 0. The molecule has 0 saturated heterocycles. The molecule has 0 spiro atoms. The highest BCUT2D eigenvalue weighted by molar-refractivity contribution is 4.79. The Morgan fingerprint density at radius 3 is 2.92 bits per heavy atom. The highest BCUT2D eigenvalue weighted by Gasteiger charge is 2.10. The van der Waals surface area contributed by atoms with Crippen molar-refractivity contribution in [2.24, 2.45) is 0 Å². The molecule has 13 heavy (non-hydrogen) atoms. The van der Waals surface area contributed by atoms with Gasteiger partial charge in [-0.25, -0.2) is 13.5 Å². The second-order valence-corrected chi connectivity index (χ2v) is 2.45. The molecule has 0 aliphatic rings. The van der Waals surface area contributed by atoms with Crippen LogP contribution in [0.2, 0.25) is 0 Å². The third-order valence-electron chi connectivity index (χ3n) is 1.45. The topological polar surface area (TPSA) is 55.6 Å². The third-order valence-corrected chi connectivity index (χ3v) is 1.45. The van der Waals surface area contributed by atoms with E-state index >= 15 is 0 Å². The molecule has 74 valence electrons. The maximum absolute atomic E-state index is 12.0. The van der Waals surface area contributed by atoms with Gasteiger partial charge in [0.1, 0.15) is 6.54 Å². The number of alkyl halides is 2. The van der Waals surface area contributed by atoms with Gasteiger partial charge in [0.25, 0.3) is 6.43 Å². The second-order valence-electron chi connectivity index (χ2n) is 2.45. The molecular weight excluding hydrogens is 180 g/mol. The predicted octanol–water partition coefficient (Wildman–Crippen LogP) is 0.0477. The number of aromatic nitrogens is 4. The lowest BCUT2D eigenvalue weighted by molar-refractivity contribution is 0.119. The molecule has 1 aromatic rings. The third kappa shape index (κ3) is 3.02. The van der Waals surface area contributed by atoms with Crippen LogP contribution in [0.3, 0.4) is 0 Å². The summed E-state index contributed by atoms with van der Waals surface area (Å²) < 4.78 is 25.0. The zero-order valence-corrected chi connectivity index (χ0v) is 7.24. The first-order chi connectivity index (χ1) is 6.24. The highest BCUT2D eigenvalue weighted by atomic mass is 19.3. The molecule has 7 heteroatoms. The fraction of sp³-hybridized carbons (Fsp3) is 0.833. The lowest BCUT2D eigenvalue weighted by Crippen LogP contribution is -2.19. The van der Waals surface area contributed by atoms with Crippen molar-refractivity contribution in [2.45, 2.75) is 26.4 Å². The van der Waals surface area contributed by atoms with Gasteiger partial charge >= 0.3 is 0 Å². The van der Waals surface area contributed by atoms with E-state index in [1.54, 1.807) is 0 Å². The fourth-order valence-corrected chi connectivity index (χ4v) is 0.859. The minimum absolute atomic E-state index is 0.413. The van der Waals surface area contributed by atoms with Crippen LogP contribution in [-0.2, 0) is 13.1 Å². The smallest absolute Gasteiger partial charge is 0.258 e. The van der Waals surface area contributed by atoms with Gasteiger partial charge in [-0.05, 0) is 17.0 Å². The van der Waals surface area contributed by atoms with Gasteiger partial charge in [0, 0.05) is 0 Å². The molecule has 1 N–H and O–H groups in total. The van der Waals surface area contributed by atoms with Crippen LogP contribution >= 0.6 is 0 Å². The van der Waals surface area contributed by atoms with E-state index in [1.165, 1.54) is 0 Å². The van der Waals surface area contributed by atoms with Crippen LogP contribution in [0.1, 0.15) is 12.7 Å². The maximum Gasteiger partial charge on any atom is 0.258 e. The molecule has 1 rings (SSSR count). The summed E-state index contributed by atoms with van der Waals surface area (Å²) in [6.07, 6.45) is -2.43. The quantitative estimate of drug-likeness (QED) is 0.714. The molecule has 0 aliphatic carbocycles. The standard InChI is InChI=1S/C6H11F2N5/c1-2-9-3-6-10-11-12-13(6)4-5(7)8/h5,9H,2-4H2,1H3. The van der Waals surface area contributed by atoms with Gasteiger partial charge in [-0.15, -0.1) is 5.10 Å². The van der Waals surface area contributed by atoms with Crippen molar-refractivity contribution in [1.82, 2.24) is 25.5 Å². The van der Waals surface area contributed by atoms with Crippen LogP contribution in [0, 0.1) is 0 Å². The summed E-state index contributed by atoms with van der Waals surface area (Å²) in [6.45, 7) is 2.63. The average molecular weight is 191 g/mol. The number of tetrazole rings is 1. The zero-order valence-electron chi connectivity index (χ0n) is 7.24. The summed E-state index contributed by atoms with van der Waals surface area (Å²) in [7, 11) is 0. The first kappa shape index (κ1) is 9.97. The summed E-state index contributed by atoms with van der Waals surface area (Å²) in [5.41, 5.74) is 0. The largest absolute Gasteiger partial charge is 0.310 e. The second kappa shape index (κ2) is 4.80. The monoisotopic (exact) mass is 191 g/mol. The fourth-order valence-electron chi connectivity index (χ4n) is 0.859. The maximum atomic E-state index is 12.0. The number of hydrogen-bond donors (Lipinski definition) is 1. The minimum Gasteiger partial charge on any atom is -0.310 e. The SMILES string of the molecule is CCNCc1nnnn1CC(F)F. The molecule has 0 fully saturated rings. The van der Waals surface area contributed by atoms with Crippen LogP contribution in [0.25, 0.3) is 0 Å². The molecule has 0 bridgehead atoms. The van der Waals surface area contributed by atoms with Crippen molar-refractivity contribution in [2.75, 3.05) is 6.54 Å². The molecule has 0 aliphatic heterocycles. The molecule has 1 heterocycles. The van der Waals surface area contributed by atoms with E-state index in [-0.39, 0.29) is 0 Å². The first-order valence-electron chi connectivity index (χ1n) is 3.98. The number of nitrogens with zero attached hydrogens (tertiary/aromatic N) is 4. The van der Waals surface area contributed by atoms with E-state index in [9.17, 15) is 8.78 Å². The number of rotatable bonds is 5. The number of halogens is 2. The molecule has 5 nitrogen and oxygen atoms in total. The summed E-state index contributed by atoms with van der Waals surface area (Å²) in [5.74, 6) is 0.433. The highest BCUT2D eigenvalue weighted by Crippen LogP contribution is 1.98. The van der Waals surface area contributed by atoms with E-state index in [2.05, 4.69) is 20.8 Å². The summed E-state index contributed by atoms with van der Waals surface area (Å²) >= 11 is 0. The van der Waals surface area contributed by atoms with Crippen molar-refractivity contribution in [3.63, 3.8) is 0 Å². The van der Waals surface area contributed by atoms with Gasteiger partial charge in [0.05, 0.1) is 6.54 Å². The number of nitrogens with one attached hydrogen (secondary N) is 1. The van der Waals surface area contributed by atoms with Gasteiger partial charge in [-0.3, -0.25) is 0 Å². The van der Waals surface area contributed by atoms with Crippen LogP contribution in [-0.4, -0.2) is 33.2 Å². The van der Waals surface area contributed by atoms with Crippen molar-refractivity contribution in [3.8, 4) is 0 Å². The molecule has 0 atom stereocenters. The molecule has 0 unspecified atom stereocenters. The zero-order chi connectivity index (χ0) is 9.68. The Labute approximate surface area is 74.1 Å². The van der Waals surface area contributed by atoms with Crippen molar-refractivity contribution in [3.05, 3.63) is 5.82 Å². The number of hydrogen-bond acceptors (Lipinski definition) is 4. The Hall–Kier alpha value is -1.11. The molecule has 0 amide bonds. The Kier molecular flexibility index (Phi) is 3.69. The average Bonchev–Trinajstić information content (AvgIpc) is 2.48. The van der Waals surface area contributed by atoms with E-state index in [0.29, 0.717) is 12.4 Å². The van der Waals surface area contributed by atoms with Crippen molar-refractivity contribution >= 4 is 0 Å². The van der Waals surface area contributed by atoms with E-state index in [0.717, 1.165) is 11.2 Å². The van der Waals surface area contributed by atoms with Gasteiger partial charge < -0.3 is 5.32 Å². The van der Waals surface area contributed by atoms with E-state index < -0.39 is 13.0 Å². The normalized spacial score (nSPS) is 11.1. The van der Waals surface area contributed by atoms with E-state index in [1.807, 2.05) is 6.92 Å². The molecule has 0 radical (unpaired) electrons. The van der Waals surface area contributed by atoms with E-state index in [4.69, 9.17) is 0 Å². The Morgan fingerprint density at radius 1 is 1.54 bits per heavy atom. The lowest BCUT2D eigenvalue weighted by Gasteiger charge is -2.03. The van der Waals surface area contributed by atoms with Gasteiger partial charge in [0.15, 0.2) is 5.82 Å².